The van der Waals surface area contributed by atoms with E-state index in [-0.39, 0.29) is 0 Å². The van der Waals surface area contributed by atoms with Crippen LogP contribution in [0.3, 0.4) is 0 Å². The maximum absolute atomic E-state index is 4.35. The zero-order valence-corrected chi connectivity index (χ0v) is 12.8. The van der Waals surface area contributed by atoms with Crippen molar-refractivity contribution in [1.82, 2.24) is 14.8 Å². The molecular formula is C15H15N3S2. The van der Waals surface area contributed by atoms with E-state index in [4.69, 9.17) is 0 Å². The summed E-state index contributed by atoms with van der Waals surface area (Å²) in [6.07, 6.45) is 0. The van der Waals surface area contributed by atoms with Crippen molar-refractivity contribution >= 4 is 23.1 Å². The third-order valence-electron chi connectivity index (χ3n) is 2.99. The molecule has 3 aromatic rings. The topological polar surface area (TPSA) is 30.7 Å². The Labute approximate surface area is 126 Å². The number of hydrogen-bond donors (Lipinski definition) is 0. The summed E-state index contributed by atoms with van der Waals surface area (Å²) in [6.45, 7) is 3.01. The lowest BCUT2D eigenvalue weighted by molar-refractivity contribution is 0.687. The highest BCUT2D eigenvalue weighted by Gasteiger charge is 2.12. The number of nitrogens with zero attached hydrogens (tertiary/aromatic N) is 3. The molecule has 3 nitrogen and oxygen atoms in total. The largest absolute Gasteiger partial charge is 0.302 e. The third kappa shape index (κ3) is 2.78. The van der Waals surface area contributed by atoms with Crippen molar-refractivity contribution < 1.29 is 0 Å². The lowest BCUT2D eigenvalue weighted by Crippen LogP contribution is -1.99. The molecule has 0 bridgehead atoms. The number of rotatable bonds is 5. The highest BCUT2D eigenvalue weighted by atomic mass is 32.2. The molecule has 0 fully saturated rings. The van der Waals surface area contributed by atoms with Gasteiger partial charge in [-0.05, 0) is 18.4 Å². The predicted molar refractivity (Wildman–Crippen MR) is 85.0 cm³/mol. The molecule has 0 atom stereocenters. The smallest absolute Gasteiger partial charge is 0.191 e. The molecule has 2 aromatic heterocycles. The molecule has 0 radical (unpaired) electrons. The normalized spacial score (nSPS) is 10.8. The minimum absolute atomic E-state index is 0.879. The number of thioether (sulfide) groups is 1. The first-order valence-electron chi connectivity index (χ1n) is 6.52. The summed E-state index contributed by atoms with van der Waals surface area (Å²) >= 11 is 3.53. The first-order valence-corrected chi connectivity index (χ1v) is 8.39. The van der Waals surface area contributed by atoms with Crippen LogP contribution in [0.1, 0.15) is 11.8 Å². The Morgan fingerprint density at radius 3 is 2.65 bits per heavy atom. The second kappa shape index (κ2) is 6.24. The van der Waals surface area contributed by atoms with E-state index in [0.717, 1.165) is 28.8 Å². The van der Waals surface area contributed by atoms with E-state index < -0.39 is 0 Å². The van der Waals surface area contributed by atoms with Crippen molar-refractivity contribution in [2.45, 2.75) is 24.4 Å². The molecule has 0 aliphatic carbocycles. The molecule has 3 rings (SSSR count). The van der Waals surface area contributed by atoms with E-state index in [2.05, 4.69) is 51.3 Å². The molecule has 0 spiro atoms. The molecule has 5 heteroatoms. The van der Waals surface area contributed by atoms with Gasteiger partial charge < -0.3 is 4.57 Å². The van der Waals surface area contributed by atoms with Crippen LogP contribution in [0.2, 0.25) is 0 Å². The molecule has 0 N–H and O–H groups in total. The Bertz CT molecular complexity index is 660. The summed E-state index contributed by atoms with van der Waals surface area (Å²) in [5.74, 6) is 1.90. The van der Waals surface area contributed by atoms with Gasteiger partial charge in [0.05, 0.1) is 0 Å². The summed E-state index contributed by atoms with van der Waals surface area (Å²) in [5, 5.41) is 11.8. The van der Waals surface area contributed by atoms with Gasteiger partial charge in [0.1, 0.15) is 0 Å². The minimum Gasteiger partial charge on any atom is -0.302 e. The van der Waals surface area contributed by atoms with Gasteiger partial charge in [-0.15, -0.1) is 21.5 Å². The van der Waals surface area contributed by atoms with E-state index in [9.17, 15) is 0 Å². The van der Waals surface area contributed by atoms with E-state index in [1.807, 2.05) is 18.2 Å². The summed E-state index contributed by atoms with van der Waals surface area (Å²) < 4.78 is 2.17. The van der Waals surface area contributed by atoms with Gasteiger partial charge in [0.25, 0.3) is 0 Å². The van der Waals surface area contributed by atoms with Crippen LogP contribution in [0.15, 0.2) is 53.0 Å². The lowest BCUT2D eigenvalue weighted by atomic mass is 10.2. The molecule has 1 aromatic carbocycles. The van der Waals surface area contributed by atoms with Crippen LogP contribution < -0.4 is 0 Å². The van der Waals surface area contributed by atoms with Crippen LogP contribution in [-0.4, -0.2) is 14.8 Å². The van der Waals surface area contributed by atoms with Crippen molar-refractivity contribution in [2.75, 3.05) is 0 Å². The standard InChI is InChI=1S/C15H15N3S2/c1-2-18-14(12-7-4-3-5-8-12)16-17-15(18)20-11-13-9-6-10-19-13/h3-10H,2,11H2,1H3. The van der Waals surface area contributed by atoms with Gasteiger partial charge in [0, 0.05) is 22.7 Å². The minimum atomic E-state index is 0.879. The van der Waals surface area contributed by atoms with Crippen molar-refractivity contribution in [3.63, 3.8) is 0 Å². The van der Waals surface area contributed by atoms with Crippen LogP contribution in [0.25, 0.3) is 11.4 Å². The first-order chi connectivity index (χ1) is 9.88. The number of hydrogen-bond acceptors (Lipinski definition) is 4. The second-order valence-electron chi connectivity index (χ2n) is 4.28. The van der Waals surface area contributed by atoms with Crippen molar-refractivity contribution in [1.29, 1.82) is 0 Å². The Morgan fingerprint density at radius 1 is 1.10 bits per heavy atom. The fourth-order valence-electron chi connectivity index (χ4n) is 2.01. The average molecular weight is 301 g/mol. The van der Waals surface area contributed by atoms with E-state index in [1.165, 1.54) is 4.88 Å². The van der Waals surface area contributed by atoms with E-state index in [0.29, 0.717) is 0 Å². The molecule has 0 saturated heterocycles. The van der Waals surface area contributed by atoms with E-state index in [1.54, 1.807) is 23.1 Å². The predicted octanol–water partition coefficient (Wildman–Crippen LogP) is 4.32. The molecule has 20 heavy (non-hydrogen) atoms. The van der Waals surface area contributed by atoms with Crippen LogP contribution in [-0.2, 0) is 12.3 Å². The highest BCUT2D eigenvalue weighted by Crippen LogP contribution is 2.27. The lowest BCUT2D eigenvalue weighted by Gasteiger charge is -2.06. The van der Waals surface area contributed by atoms with Crippen LogP contribution in [0.5, 0.6) is 0 Å². The molecular weight excluding hydrogens is 286 g/mol. The molecule has 0 saturated carbocycles. The summed E-state index contributed by atoms with van der Waals surface area (Å²) in [7, 11) is 0. The summed E-state index contributed by atoms with van der Waals surface area (Å²) in [5.41, 5.74) is 1.12. The molecule has 0 aliphatic heterocycles. The maximum atomic E-state index is 4.35. The zero-order valence-electron chi connectivity index (χ0n) is 11.2. The van der Waals surface area contributed by atoms with Crippen molar-refractivity contribution in [2.24, 2.45) is 0 Å². The van der Waals surface area contributed by atoms with Gasteiger partial charge in [-0.2, -0.15) is 0 Å². The fourth-order valence-corrected chi connectivity index (χ4v) is 3.79. The SMILES string of the molecule is CCn1c(SCc2cccs2)nnc1-c1ccccc1. The molecule has 2 heterocycles. The fraction of sp³-hybridized carbons (Fsp3) is 0.200. The van der Waals surface area contributed by atoms with Crippen molar-refractivity contribution in [3.8, 4) is 11.4 Å². The Kier molecular flexibility index (Phi) is 4.18. The molecule has 0 aliphatic rings. The number of benzene rings is 1. The average Bonchev–Trinajstić information content (AvgIpc) is 3.15. The highest BCUT2D eigenvalue weighted by molar-refractivity contribution is 7.98. The Hall–Kier alpha value is -1.59. The van der Waals surface area contributed by atoms with E-state index >= 15 is 0 Å². The monoisotopic (exact) mass is 301 g/mol. The molecule has 0 amide bonds. The number of thiophene rings is 1. The van der Waals surface area contributed by atoms with Crippen LogP contribution in [0.4, 0.5) is 0 Å². The van der Waals surface area contributed by atoms with Gasteiger partial charge >= 0.3 is 0 Å². The van der Waals surface area contributed by atoms with Gasteiger partial charge in [-0.3, -0.25) is 0 Å². The Balaban J connectivity index is 1.84. The third-order valence-corrected chi connectivity index (χ3v) is 5.06. The first kappa shape index (κ1) is 13.4. The molecule has 102 valence electrons. The van der Waals surface area contributed by atoms with Crippen LogP contribution >= 0.6 is 23.1 Å². The summed E-state index contributed by atoms with van der Waals surface area (Å²) in [4.78, 5) is 1.36. The number of aromatic nitrogens is 3. The van der Waals surface area contributed by atoms with Crippen molar-refractivity contribution in [3.05, 3.63) is 52.7 Å². The quantitative estimate of drug-likeness (QED) is 0.658. The molecule has 0 unspecified atom stereocenters. The van der Waals surface area contributed by atoms with Crippen LogP contribution in [0, 0.1) is 0 Å². The van der Waals surface area contributed by atoms with Gasteiger partial charge in [-0.1, -0.05) is 48.2 Å². The van der Waals surface area contributed by atoms with Gasteiger partial charge in [0.2, 0.25) is 0 Å². The summed E-state index contributed by atoms with van der Waals surface area (Å²) in [6, 6.07) is 14.5. The van der Waals surface area contributed by atoms with Gasteiger partial charge in [-0.25, -0.2) is 0 Å². The van der Waals surface area contributed by atoms with Gasteiger partial charge in [0.15, 0.2) is 11.0 Å². The Morgan fingerprint density at radius 2 is 1.95 bits per heavy atom. The second-order valence-corrected chi connectivity index (χ2v) is 6.26. The zero-order chi connectivity index (χ0) is 13.8. The maximum Gasteiger partial charge on any atom is 0.191 e.